The molecule has 0 heterocycles. The van der Waals surface area contributed by atoms with Gasteiger partial charge in [0.2, 0.25) is 5.91 Å². The summed E-state index contributed by atoms with van der Waals surface area (Å²) in [5, 5.41) is 2.84. The molecule has 0 aliphatic rings. The van der Waals surface area contributed by atoms with Gasteiger partial charge < -0.3 is 5.32 Å². The van der Waals surface area contributed by atoms with Gasteiger partial charge >= 0.3 is 0 Å². The lowest BCUT2D eigenvalue weighted by Crippen LogP contribution is -2.09. The Labute approximate surface area is 97.4 Å². The Hall–Kier alpha value is -1.57. The molecule has 0 bridgehead atoms. The first-order valence-corrected chi connectivity index (χ1v) is 5.83. The van der Waals surface area contributed by atoms with Crippen LogP contribution in [0, 0.1) is 0 Å². The fourth-order valence-corrected chi connectivity index (χ4v) is 1.36. The fraction of sp³-hybridized carbons (Fsp3) is 0.357. The van der Waals surface area contributed by atoms with Gasteiger partial charge in [-0.25, -0.2) is 0 Å². The number of para-hydroxylation sites is 1. The molecule has 0 fully saturated rings. The second-order valence-corrected chi connectivity index (χ2v) is 3.73. The van der Waals surface area contributed by atoms with Crippen molar-refractivity contribution in [3.8, 4) is 0 Å². The smallest absolute Gasteiger partial charge is 0.228 e. The highest BCUT2D eigenvalue weighted by molar-refractivity contribution is 5.91. The molecule has 1 amide bonds. The summed E-state index contributed by atoms with van der Waals surface area (Å²) in [6.45, 7) is 2.16. The van der Waals surface area contributed by atoms with Crippen LogP contribution >= 0.6 is 0 Å². The number of amides is 1. The van der Waals surface area contributed by atoms with E-state index in [1.165, 1.54) is 12.8 Å². The number of hydrogen-bond acceptors (Lipinski definition) is 1. The predicted molar refractivity (Wildman–Crippen MR) is 68.4 cm³/mol. The average Bonchev–Trinajstić information content (AvgIpc) is 2.30. The predicted octanol–water partition coefficient (Wildman–Crippen LogP) is 3.76. The highest BCUT2D eigenvalue weighted by Gasteiger charge is 1.97. The number of unbranched alkanes of at least 4 members (excludes halogenated alkanes) is 2. The van der Waals surface area contributed by atoms with Crippen molar-refractivity contribution in [1.82, 2.24) is 0 Å². The minimum absolute atomic E-state index is 0.0407. The largest absolute Gasteiger partial charge is 0.326 e. The SMILES string of the molecule is CCCC/C=C/CC(=O)Nc1ccccc1. The molecule has 0 unspecified atom stereocenters. The van der Waals surface area contributed by atoms with E-state index in [4.69, 9.17) is 0 Å². The zero-order valence-electron chi connectivity index (χ0n) is 9.78. The van der Waals surface area contributed by atoms with Crippen molar-refractivity contribution in [3.05, 3.63) is 42.5 Å². The molecular weight excluding hydrogens is 198 g/mol. The first-order chi connectivity index (χ1) is 7.83. The second-order valence-electron chi connectivity index (χ2n) is 3.73. The molecule has 0 aliphatic carbocycles. The van der Waals surface area contributed by atoms with Gasteiger partial charge in [0.05, 0.1) is 0 Å². The Morgan fingerprint density at radius 3 is 2.69 bits per heavy atom. The molecule has 0 saturated heterocycles. The fourth-order valence-electron chi connectivity index (χ4n) is 1.36. The van der Waals surface area contributed by atoms with Gasteiger partial charge in [0, 0.05) is 12.1 Å². The quantitative estimate of drug-likeness (QED) is 0.570. The summed E-state index contributed by atoms with van der Waals surface area (Å²) in [6, 6.07) is 9.52. The highest BCUT2D eigenvalue weighted by atomic mass is 16.1. The molecule has 1 aromatic carbocycles. The number of anilines is 1. The zero-order chi connectivity index (χ0) is 11.6. The summed E-state index contributed by atoms with van der Waals surface area (Å²) in [5.74, 6) is 0.0407. The van der Waals surface area contributed by atoms with Crippen LogP contribution in [0.4, 0.5) is 5.69 Å². The normalized spacial score (nSPS) is 10.6. The molecule has 16 heavy (non-hydrogen) atoms. The number of hydrogen-bond donors (Lipinski definition) is 1. The first-order valence-electron chi connectivity index (χ1n) is 5.83. The molecule has 1 aromatic rings. The number of benzene rings is 1. The van der Waals surface area contributed by atoms with E-state index < -0.39 is 0 Å². The molecule has 0 aliphatic heterocycles. The van der Waals surface area contributed by atoms with Crippen LogP contribution in [0.5, 0.6) is 0 Å². The van der Waals surface area contributed by atoms with Crippen LogP contribution in [0.3, 0.4) is 0 Å². The van der Waals surface area contributed by atoms with E-state index in [9.17, 15) is 4.79 Å². The number of rotatable bonds is 6. The van der Waals surface area contributed by atoms with Gasteiger partial charge in [-0.15, -0.1) is 0 Å². The van der Waals surface area contributed by atoms with E-state index in [0.717, 1.165) is 12.1 Å². The van der Waals surface area contributed by atoms with E-state index in [-0.39, 0.29) is 5.91 Å². The Morgan fingerprint density at radius 1 is 1.25 bits per heavy atom. The molecule has 0 radical (unpaired) electrons. The van der Waals surface area contributed by atoms with Gasteiger partial charge in [-0.3, -0.25) is 4.79 Å². The monoisotopic (exact) mass is 217 g/mol. The lowest BCUT2D eigenvalue weighted by atomic mass is 10.2. The zero-order valence-corrected chi connectivity index (χ0v) is 9.78. The van der Waals surface area contributed by atoms with Gasteiger partial charge in [-0.05, 0) is 18.6 Å². The summed E-state index contributed by atoms with van der Waals surface area (Å²) in [5.41, 5.74) is 0.856. The third-order valence-corrected chi connectivity index (χ3v) is 2.25. The number of allylic oxidation sites excluding steroid dienone is 1. The number of carbonyl (C=O) groups excluding carboxylic acids is 1. The van der Waals surface area contributed by atoms with E-state index in [1.807, 2.05) is 36.4 Å². The third kappa shape index (κ3) is 5.35. The molecule has 1 rings (SSSR count). The van der Waals surface area contributed by atoms with Crippen molar-refractivity contribution < 1.29 is 4.79 Å². The molecular formula is C14H19NO. The van der Waals surface area contributed by atoms with Crippen molar-refractivity contribution in [3.63, 3.8) is 0 Å². The maximum Gasteiger partial charge on any atom is 0.228 e. The van der Waals surface area contributed by atoms with Crippen molar-refractivity contribution in [2.75, 3.05) is 5.32 Å². The second kappa shape index (κ2) is 7.69. The minimum atomic E-state index is 0.0407. The Bertz CT molecular complexity index is 330. The van der Waals surface area contributed by atoms with Crippen molar-refractivity contribution in [2.24, 2.45) is 0 Å². The molecule has 1 N–H and O–H groups in total. The van der Waals surface area contributed by atoms with Gasteiger partial charge in [0.1, 0.15) is 0 Å². The molecule has 86 valence electrons. The van der Waals surface area contributed by atoms with Crippen LogP contribution in [-0.2, 0) is 4.79 Å². The molecule has 0 saturated carbocycles. The number of nitrogens with one attached hydrogen (secondary N) is 1. The summed E-state index contributed by atoms with van der Waals surface area (Å²) in [4.78, 5) is 11.5. The topological polar surface area (TPSA) is 29.1 Å². The van der Waals surface area contributed by atoms with Gasteiger partial charge in [0.25, 0.3) is 0 Å². The van der Waals surface area contributed by atoms with E-state index in [1.54, 1.807) is 0 Å². The summed E-state index contributed by atoms with van der Waals surface area (Å²) in [6.07, 6.45) is 7.92. The van der Waals surface area contributed by atoms with Crippen molar-refractivity contribution in [2.45, 2.75) is 32.6 Å². The first kappa shape index (κ1) is 12.5. The van der Waals surface area contributed by atoms with Crippen LogP contribution in [-0.4, -0.2) is 5.91 Å². The summed E-state index contributed by atoms with van der Waals surface area (Å²) < 4.78 is 0. The third-order valence-electron chi connectivity index (χ3n) is 2.25. The van der Waals surface area contributed by atoms with Crippen LogP contribution in [0.2, 0.25) is 0 Å². The van der Waals surface area contributed by atoms with E-state index in [2.05, 4.69) is 18.3 Å². The lowest BCUT2D eigenvalue weighted by Gasteiger charge is -2.01. The Morgan fingerprint density at radius 2 is 2.00 bits per heavy atom. The Kier molecular flexibility index (Phi) is 6.00. The molecule has 2 nitrogen and oxygen atoms in total. The van der Waals surface area contributed by atoms with Crippen LogP contribution < -0.4 is 5.32 Å². The molecule has 0 spiro atoms. The molecule has 0 aromatic heterocycles. The minimum Gasteiger partial charge on any atom is -0.326 e. The Balaban J connectivity index is 2.24. The van der Waals surface area contributed by atoms with Gasteiger partial charge in [-0.2, -0.15) is 0 Å². The highest BCUT2D eigenvalue weighted by Crippen LogP contribution is 2.05. The maximum absolute atomic E-state index is 11.5. The summed E-state index contributed by atoms with van der Waals surface area (Å²) in [7, 11) is 0. The van der Waals surface area contributed by atoms with E-state index >= 15 is 0 Å². The number of carbonyl (C=O) groups is 1. The molecule has 0 atom stereocenters. The average molecular weight is 217 g/mol. The van der Waals surface area contributed by atoms with Gasteiger partial charge in [0.15, 0.2) is 0 Å². The molecule has 2 heteroatoms. The van der Waals surface area contributed by atoms with Crippen LogP contribution in [0.15, 0.2) is 42.5 Å². The summed E-state index contributed by atoms with van der Waals surface area (Å²) >= 11 is 0. The van der Waals surface area contributed by atoms with Gasteiger partial charge in [-0.1, -0.05) is 50.1 Å². The van der Waals surface area contributed by atoms with E-state index in [0.29, 0.717) is 6.42 Å². The van der Waals surface area contributed by atoms with Crippen LogP contribution in [0.1, 0.15) is 32.6 Å². The van der Waals surface area contributed by atoms with Crippen LogP contribution in [0.25, 0.3) is 0 Å². The standard InChI is InChI=1S/C14H19NO/c1-2-3-4-5-9-12-14(16)15-13-10-7-6-8-11-13/h5-11H,2-4,12H2,1H3,(H,15,16)/b9-5+. The lowest BCUT2D eigenvalue weighted by molar-refractivity contribution is -0.115. The van der Waals surface area contributed by atoms with Crippen molar-refractivity contribution in [1.29, 1.82) is 0 Å². The van der Waals surface area contributed by atoms with Crippen molar-refractivity contribution >= 4 is 11.6 Å². The maximum atomic E-state index is 11.5.